The second-order valence-electron chi connectivity index (χ2n) is 6.43. The number of hydrogen-bond acceptors (Lipinski definition) is 3. The topological polar surface area (TPSA) is 57.1 Å². The lowest BCUT2D eigenvalue weighted by molar-refractivity contribution is -0.907. The fourth-order valence-electron chi connectivity index (χ4n) is 3.35. The summed E-state index contributed by atoms with van der Waals surface area (Å²) in [6.07, 6.45) is 1.59. The van der Waals surface area contributed by atoms with Crippen molar-refractivity contribution in [2.75, 3.05) is 37.7 Å². The fourth-order valence-corrected chi connectivity index (χ4v) is 3.53. The van der Waals surface area contributed by atoms with Gasteiger partial charge in [-0.15, -0.1) is 0 Å². The Morgan fingerprint density at radius 3 is 2.71 bits per heavy atom. The van der Waals surface area contributed by atoms with E-state index in [0.717, 1.165) is 43.3 Å². The van der Waals surface area contributed by atoms with E-state index in [4.69, 9.17) is 11.6 Å². The summed E-state index contributed by atoms with van der Waals surface area (Å²) < 4.78 is 0. The minimum atomic E-state index is -0.338. The van der Waals surface area contributed by atoms with Crippen LogP contribution in [0, 0.1) is 0 Å². The Hall–Kier alpha value is -1.79. The Balaban J connectivity index is 1.54. The number of piperazine rings is 1. The van der Waals surface area contributed by atoms with Crippen LogP contribution in [0.2, 0.25) is 5.02 Å². The van der Waals surface area contributed by atoms with Crippen molar-refractivity contribution in [3.63, 3.8) is 0 Å². The number of amides is 3. The van der Waals surface area contributed by atoms with Crippen molar-refractivity contribution >= 4 is 29.2 Å². The first kappa shape index (κ1) is 17.0. The first-order chi connectivity index (χ1) is 11.6. The Morgan fingerprint density at radius 2 is 2.04 bits per heavy atom. The van der Waals surface area contributed by atoms with Gasteiger partial charge in [0.15, 0.2) is 6.67 Å². The smallest absolute Gasteiger partial charge is 0.329 e. The van der Waals surface area contributed by atoms with E-state index >= 15 is 0 Å². The highest BCUT2D eigenvalue weighted by atomic mass is 35.5. The molecule has 1 aromatic carbocycles. The molecular weight excluding hydrogens is 328 g/mol. The summed E-state index contributed by atoms with van der Waals surface area (Å²) in [6, 6.07) is 7.27. The van der Waals surface area contributed by atoms with Crippen molar-refractivity contribution in [3.8, 4) is 0 Å². The molecule has 2 aliphatic heterocycles. The van der Waals surface area contributed by atoms with Gasteiger partial charge in [-0.2, -0.15) is 0 Å². The Kier molecular flexibility index (Phi) is 5.26. The number of quaternary nitrogens is 1. The van der Waals surface area contributed by atoms with Gasteiger partial charge < -0.3 is 15.1 Å². The van der Waals surface area contributed by atoms with Crippen LogP contribution in [0.3, 0.4) is 0 Å². The van der Waals surface area contributed by atoms with Crippen molar-refractivity contribution in [2.24, 2.45) is 0 Å². The number of nitrogens with one attached hydrogen (secondary N) is 2. The summed E-state index contributed by atoms with van der Waals surface area (Å²) in [7, 11) is 0. The zero-order valence-corrected chi connectivity index (χ0v) is 14.7. The van der Waals surface area contributed by atoms with Crippen LogP contribution in [0.4, 0.5) is 10.5 Å². The first-order valence-corrected chi connectivity index (χ1v) is 8.92. The molecule has 3 rings (SSSR count). The predicted molar refractivity (Wildman–Crippen MR) is 93.3 cm³/mol. The second-order valence-corrected chi connectivity index (χ2v) is 6.87. The minimum absolute atomic E-state index is 0.0772. The van der Waals surface area contributed by atoms with E-state index in [0.29, 0.717) is 13.1 Å². The lowest BCUT2D eigenvalue weighted by atomic mass is 10.2. The highest BCUT2D eigenvalue weighted by molar-refractivity contribution is 6.30. The number of urea groups is 1. The van der Waals surface area contributed by atoms with E-state index in [9.17, 15) is 9.59 Å². The fraction of sp³-hybridized carbons (Fsp3) is 0.529. The summed E-state index contributed by atoms with van der Waals surface area (Å²) in [5.41, 5.74) is 1.12. The van der Waals surface area contributed by atoms with Crippen molar-refractivity contribution < 1.29 is 14.5 Å². The van der Waals surface area contributed by atoms with Crippen LogP contribution >= 0.6 is 11.6 Å². The number of carbonyl (C=O) groups excluding carboxylic acids is 2. The van der Waals surface area contributed by atoms with Crippen LogP contribution in [0.15, 0.2) is 24.3 Å². The second kappa shape index (κ2) is 7.40. The van der Waals surface area contributed by atoms with Gasteiger partial charge in [-0.1, -0.05) is 31.0 Å². The molecule has 0 spiro atoms. The standard InChI is InChI=1S/C17H23ClN4O2/c1-2-4-15-16(23)22(17(24)19-15)12-20-7-9-21(10-8-20)14-6-3-5-13(18)11-14/h3,5-6,11,15H,2,4,7-10,12H2,1H3,(H,19,24)/p+1/t15-/m0/s1. The van der Waals surface area contributed by atoms with Crippen LogP contribution in [-0.4, -0.2) is 55.7 Å². The monoisotopic (exact) mass is 351 g/mol. The number of rotatable bonds is 5. The van der Waals surface area contributed by atoms with Crippen molar-refractivity contribution in [1.29, 1.82) is 0 Å². The average Bonchev–Trinajstić information content (AvgIpc) is 2.83. The van der Waals surface area contributed by atoms with Gasteiger partial charge in [-0.05, 0) is 24.6 Å². The molecule has 0 aromatic heterocycles. The van der Waals surface area contributed by atoms with Gasteiger partial charge in [-0.25, -0.2) is 9.69 Å². The summed E-state index contributed by atoms with van der Waals surface area (Å²) in [5.74, 6) is -0.0772. The number of carbonyl (C=O) groups is 2. The number of imide groups is 1. The number of nitrogens with zero attached hydrogens (tertiary/aromatic N) is 2. The minimum Gasteiger partial charge on any atom is -0.360 e. The lowest BCUT2D eigenvalue weighted by Gasteiger charge is -2.34. The van der Waals surface area contributed by atoms with Gasteiger partial charge in [0.2, 0.25) is 0 Å². The number of benzene rings is 1. The normalized spacial score (nSPS) is 22.2. The number of hydrogen-bond donors (Lipinski definition) is 2. The predicted octanol–water partition coefficient (Wildman–Crippen LogP) is 0.723. The molecule has 24 heavy (non-hydrogen) atoms. The van der Waals surface area contributed by atoms with Gasteiger partial charge >= 0.3 is 6.03 Å². The van der Waals surface area contributed by atoms with Gasteiger partial charge in [0, 0.05) is 10.7 Å². The quantitative estimate of drug-likeness (QED) is 0.769. The van der Waals surface area contributed by atoms with E-state index in [2.05, 4.69) is 16.3 Å². The molecule has 0 unspecified atom stereocenters. The molecule has 6 nitrogen and oxygen atoms in total. The lowest BCUT2D eigenvalue weighted by Crippen LogP contribution is -3.16. The average molecular weight is 352 g/mol. The molecular formula is C17H24ClN4O2+. The molecule has 0 saturated carbocycles. The molecule has 0 bridgehead atoms. The van der Waals surface area contributed by atoms with Crippen molar-refractivity contribution in [1.82, 2.24) is 10.2 Å². The first-order valence-electron chi connectivity index (χ1n) is 8.54. The highest BCUT2D eigenvalue weighted by Crippen LogP contribution is 2.19. The van der Waals surface area contributed by atoms with E-state index in [1.165, 1.54) is 9.80 Å². The molecule has 7 heteroatoms. The number of halogens is 1. The molecule has 1 atom stereocenters. The molecule has 1 aromatic rings. The molecule has 2 fully saturated rings. The molecule has 2 heterocycles. The zero-order chi connectivity index (χ0) is 17.1. The molecule has 2 N–H and O–H groups in total. The van der Waals surface area contributed by atoms with Crippen LogP contribution < -0.4 is 15.1 Å². The Bertz CT molecular complexity index is 616. The largest absolute Gasteiger partial charge is 0.360 e. The maximum Gasteiger partial charge on any atom is 0.329 e. The maximum absolute atomic E-state index is 12.3. The summed E-state index contributed by atoms with van der Waals surface area (Å²) >= 11 is 6.06. The van der Waals surface area contributed by atoms with Gasteiger partial charge in [0.05, 0.1) is 26.2 Å². The molecule has 3 amide bonds. The molecule has 0 aliphatic carbocycles. The van der Waals surface area contributed by atoms with Crippen LogP contribution in [0.25, 0.3) is 0 Å². The third-order valence-corrected chi connectivity index (χ3v) is 4.95. The van der Waals surface area contributed by atoms with Gasteiger partial charge in [-0.3, -0.25) is 4.79 Å². The maximum atomic E-state index is 12.3. The summed E-state index contributed by atoms with van der Waals surface area (Å²) in [6.45, 7) is 6.02. The summed E-state index contributed by atoms with van der Waals surface area (Å²) in [4.78, 5) is 29.3. The number of anilines is 1. The summed E-state index contributed by atoms with van der Waals surface area (Å²) in [5, 5.41) is 3.52. The molecule has 130 valence electrons. The van der Waals surface area contributed by atoms with E-state index < -0.39 is 0 Å². The van der Waals surface area contributed by atoms with Crippen LogP contribution in [0.1, 0.15) is 19.8 Å². The Morgan fingerprint density at radius 1 is 1.29 bits per heavy atom. The third-order valence-electron chi connectivity index (χ3n) is 4.71. The van der Waals surface area contributed by atoms with Gasteiger partial charge in [0.1, 0.15) is 6.04 Å². The molecule has 2 aliphatic rings. The van der Waals surface area contributed by atoms with Crippen molar-refractivity contribution in [3.05, 3.63) is 29.3 Å². The van der Waals surface area contributed by atoms with E-state index in [1.54, 1.807) is 0 Å². The Labute approximate surface area is 147 Å². The zero-order valence-electron chi connectivity index (χ0n) is 13.9. The van der Waals surface area contributed by atoms with Crippen molar-refractivity contribution in [2.45, 2.75) is 25.8 Å². The molecule has 2 saturated heterocycles. The van der Waals surface area contributed by atoms with Crippen LogP contribution in [0.5, 0.6) is 0 Å². The highest BCUT2D eigenvalue weighted by Gasteiger charge is 2.39. The SMILES string of the molecule is CCC[C@@H]1NC(=O)N(C[NH+]2CCN(c3cccc(Cl)c3)CC2)C1=O. The van der Waals surface area contributed by atoms with Gasteiger partial charge in [0.25, 0.3) is 5.91 Å². The van der Waals surface area contributed by atoms with E-state index in [1.807, 2.05) is 25.1 Å². The van der Waals surface area contributed by atoms with Crippen LogP contribution in [-0.2, 0) is 4.79 Å². The molecule has 0 radical (unpaired) electrons. The third kappa shape index (κ3) is 3.65. The van der Waals surface area contributed by atoms with E-state index in [-0.39, 0.29) is 18.0 Å².